The van der Waals surface area contributed by atoms with Crippen molar-refractivity contribution in [3.05, 3.63) is 80.0 Å². The Morgan fingerprint density at radius 1 is 0.929 bits per heavy atom. The molecule has 0 aliphatic rings. The van der Waals surface area contributed by atoms with Crippen LogP contribution in [0.15, 0.2) is 58.5 Å². The highest BCUT2D eigenvalue weighted by Crippen LogP contribution is 2.29. The third kappa shape index (κ3) is 5.09. The number of hydrogen-bond donors (Lipinski definition) is 1. The zero-order valence-corrected chi connectivity index (χ0v) is 17.0. The molecule has 3 rings (SSSR count). The minimum Gasteiger partial charge on any atom is -0.457 e. The fourth-order valence-corrected chi connectivity index (χ4v) is 3.45. The van der Waals surface area contributed by atoms with Crippen LogP contribution in [0.4, 0.5) is 5.69 Å². The lowest BCUT2D eigenvalue weighted by molar-refractivity contribution is -0.112. The van der Waals surface area contributed by atoms with Crippen molar-refractivity contribution >= 4 is 64.1 Å². The van der Waals surface area contributed by atoms with Crippen LogP contribution in [0, 0.1) is 11.3 Å². The van der Waals surface area contributed by atoms with Gasteiger partial charge in [-0.05, 0) is 48.5 Å². The standard InChI is InChI=1S/C20H10Cl4N2O2/c21-13-3-11(4-14(22)6-13)19-2-1-18(28-19)5-12(10-25)20(27)26-17-8-15(23)7-16(24)9-17/h1-9H,(H,26,27)/b12-5+. The Hall–Kier alpha value is -2.42. The highest BCUT2D eigenvalue weighted by Gasteiger charge is 2.13. The summed E-state index contributed by atoms with van der Waals surface area (Å²) in [5, 5.41) is 13.6. The second-order valence-corrected chi connectivity index (χ2v) is 7.39. The van der Waals surface area contributed by atoms with Crippen LogP contribution in [0.25, 0.3) is 17.4 Å². The van der Waals surface area contributed by atoms with E-state index in [4.69, 9.17) is 50.8 Å². The Morgan fingerprint density at radius 2 is 1.50 bits per heavy atom. The third-order valence-corrected chi connectivity index (χ3v) is 4.42. The molecule has 0 radical (unpaired) electrons. The van der Waals surface area contributed by atoms with E-state index in [0.29, 0.717) is 42.9 Å². The van der Waals surface area contributed by atoms with Gasteiger partial charge < -0.3 is 9.73 Å². The number of anilines is 1. The normalized spacial score (nSPS) is 11.2. The molecule has 4 nitrogen and oxygen atoms in total. The number of amides is 1. The van der Waals surface area contributed by atoms with E-state index in [1.165, 1.54) is 24.3 Å². The van der Waals surface area contributed by atoms with Gasteiger partial charge >= 0.3 is 0 Å². The van der Waals surface area contributed by atoms with Crippen molar-refractivity contribution in [3.8, 4) is 17.4 Å². The molecule has 8 heteroatoms. The summed E-state index contributed by atoms with van der Waals surface area (Å²) in [4.78, 5) is 12.4. The average molecular weight is 452 g/mol. The molecule has 0 atom stereocenters. The summed E-state index contributed by atoms with van der Waals surface area (Å²) in [6.07, 6.45) is 1.33. The number of nitrogens with one attached hydrogen (secondary N) is 1. The second-order valence-electron chi connectivity index (χ2n) is 5.64. The fourth-order valence-electron chi connectivity index (χ4n) is 2.40. The maximum atomic E-state index is 12.4. The summed E-state index contributed by atoms with van der Waals surface area (Å²) in [6.45, 7) is 0. The zero-order valence-electron chi connectivity index (χ0n) is 14.0. The van der Waals surface area contributed by atoms with Crippen LogP contribution in [0.1, 0.15) is 5.76 Å². The molecule has 1 amide bonds. The number of furan rings is 1. The summed E-state index contributed by atoms with van der Waals surface area (Å²) in [5.74, 6) is 0.196. The van der Waals surface area contributed by atoms with Crippen molar-refractivity contribution in [2.45, 2.75) is 0 Å². The predicted octanol–water partition coefficient (Wildman–Crippen LogP) is 7.11. The largest absolute Gasteiger partial charge is 0.457 e. The van der Waals surface area contributed by atoms with Crippen molar-refractivity contribution in [2.24, 2.45) is 0 Å². The van der Waals surface area contributed by atoms with Gasteiger partial charge in [0, 0.05) is 37.4 Å². The first-order valence-electron chi connectivity index (χ1n) is 7.79. The van der Waals surface area contributed by atoms with Crippen LogP contribution in [0.5, 0.6) is 0 Å². The zero-order chi connectivity index (χ0) is 20.3. The highest BCUT2D eigenvalue weighted by atomic mass is 35.5. The third-order valence-electron chi connectivity index (χ3n) is 3.55. The first kappa shape index (κ1) is 20.3. The van der Waals surface area contributed by atoms with Gasteiger partial charge in [-0.15, -0.1) is 0 Å². The molecular formula is C20H10Cl4N2O2. The van der Waals surface area contributed by atoms with E-state index in [-0.39, 0.29) is 5.57 Å². The number of carbonyl (C=O) groups is 1. The van der Waals surface area contributed by atoms with Crippen LogP contribution in [-0.4, -0.2) is 5.91 Å². The van der Waals surface area contributed by atoms with E-state index in [2.05, 4.69) is 5.32 Å². The molecule has 0 spiro atoms. The average Bonchev–Trinajstić information content (AvgIpc) is 3.06. The van der Waals surface area contributed by atoms with Crippen molar-refractivity contribution in [1.82, 2.24) is 0 Å². The van der Waals surface area contributed by atoms with Crippen molar-refractivity contribution in [2.75, 3.05) is 5.32 Å². The van der Waals surface area contributed by atoms with Crippen molar-refractivity contribution < 1.29 is 9.21 Å². The molecule has 3 aromatic rings. The number of nitriles is 1. The van der Waals surface area contributed by atoms with Crippen LogP contribution in [-0.2, 0) is 4.79 Å². The maximum Gasteiger partial charge on any atom is 0.266 e. The quantitative estimate of drug-likeness (QED) is 0.339. The van der Waals surface area contributed by atoms with Gasteiger partial charge in [-0.3, -0.25) is 4.79 Å². The van der Waals surface area contributed by atoms with Gasteiger partial charge in [0.25, 0.3) is 5.91 Å². The predicted molar refractivity (Wildman–Crippen MR) is 113 cm³/mol. The van der Waals surface area contributed by atoms with Crippen molar-refractivity contribution in [1.29, 1.82) is 5.26 Å². The van der Waals surface area contributed by atoms with Gasteiger partial charge in [-0.2, -0.15) is 5.26 Å². The molecule has 1 N–H and O–H groups in total. The summed E-state index contributed by atoms with van der Waals surface area (Å²) in [7, 11) is 0. The minimum atomic E-state index is -0.621. The summed E-state index contributed by atoms with van der Waals surface area (Å²) in [5.41, 5.74) is 0.896. The topological polar surface area (TPSA) is 66.0 Å². The lowest BCUT2D eigenvalue weighted by atomic mass is 10.2. The monoisotopic (exact) mass is 450 g/mol. The SMILES string of the molecule is N#C/C(=C\c1ccc(-c2cc(Cl)cc(Cl)c2)o1)C(=O)Nc1cc(Cl)cc(Cl)c1. The Labute approximate surface area is 180 Å². The molecular weight excluding hydrogens is 442 g/mol. The van der Waals surface area contributed by atoms with E-state index >= 15 is 0 Å². The van der Waals surface area contributed by atoms with E-state index < -0.39 is 5.91 Å². The number of carbonyl (C=O) groups excluding carboxylic acids is 1. The van der Waals surface area contributed by atoms with Gasteiger partial charge in [0.05, 0.1) is 0 Å². The van der Waals surface area contributed by atoms with Crippen molar-refractivity contribution in [3.63, 3.8) is 0 Å². The van der Waals surface area contributed by atoms with Gasteiger partial charge in [0.2, 0.25) is 0 Å². The maximum absolute atomic E-state index is 12.4. The van der Waals surface area contributed by atoms with E-state index in [1.807, 2.05) is 6.07 Å². The Balaban J connectivity index is 1.83. The van der Waals surface area contributed by atoms with Gasteiger partial charge in [0.1, 0.15) is 23.2 Å². The van der Waals surface area contributed by atoms with Crippen LogP contribution in [0.3, 0.4) is 0 Å². The Kier molecular flexibility index (Phi) is 6.33. The molecule has 2 aromatic carbocycles. The minimum absolute atomic E-state index is 0.152. The van der Waals surface area contributed by atoms with E-state index in [1.54, 1.807) is 30.3 Å². The number of hydrogen-bond acceptors (Lipinski definition) is 3. The summed E-state index contributed by atoms with van der Waals surface area (Å²) < 4.78 is 5.68. The molecule has 1 aromatic heterocycles. The van der Waals surface area contributed by atoms with Crippen LogP contribution in [0.2, 0.25) is 20.1 Å². The smallest absolute Gasteiger partial charge is 0.266 e. The Morgan fingerprint density at radius 3 is 2.07 bits per heavy atom. The van der Waals surface area contributed by atoms with Crippen LogP contribution < -0.4 is 5.32 Å². The van der Waals surface area contributed by atoms with Gasteiger partial charge in [0.15, 0.2) is 0 Å². The molecule has 0 saturated carbocycles. The summed E-state index contributed by atoms with van der Waals surface area (Å²) in [6, 6.07) is 14.7. The molecule has 0 aliphatic carbocycles. The molecule has 140 valence electrons. The van der Waals surface area contributed by atoms with Gasteiger partial charge in [-0.25, -0.2) is 0 Å². The molecule has 0 saturated heterocycles. The summed E-state index contributed by atoms with van der Waals surface area (Å²) >= 11 is 23.8. The van der Waals surface area contributed by atoms with Crippen LogP contribution >= 0.6 is 46.4 Å². The second kappa shape index (κ2) is 8.72. The van der Waals surface area contributed by atoms with E-state index in [9.17, 15) is 10.1 Å². The number of nitrogens with zero attached hydrogens (tertiary/aromatic N) is 1. The molecule has 0 fully saturated rings. The number of halogens is 4. The highest BCUT2D eigenvalue weighted by molar-refractivity contribution is 6.35. The number of benzene rings is 2. The molecule has 1 heterocycles. The molecule has 0 unspecified atom stereocenters. The van der Waals surface area contributed by atoms with E-state index in [0.717, 1.165) is 0 Å². The van der Waals surface area contributed by atoms with Gasteiger partial charge in [-0.1, -0.05) is 46.4 Å². The number of rotatable bonds is 4. The lowest BCUT2D eigenvalue weighted by Crippen LogP contribution is -2.13. The molecule has 28 heavy (non-hydrogen) atoms. The lowest BCUT2D eigenvalue weighted by Gasteiger charge is -2.05. The fraction of sp³-hybridized carbons (Fsp3) is 0. The first-order chi connectivity index (χ1) is 13.3. The first-order valence-corrected chi connectivity index (χ1v) is 9.31. The Bertz CT molecular complexity index is 1090. The molecule has 0 aliphatic heterocycles. The molecule has 0 bridgehead atoms.